The zero-order chi connectivity index (χ0) is 29.0. The van der Waals surface area contributed by atoms with Crippen LogP contribution >= 0.6 is 34.2 Å². The number of nitrogens with zero attached hydrogens (tertiary/aromatic N) is 2. The SMILES string of the molecule is CCOc1cc(/C=N\N2C(=O)[C@@H]3C4c5ccccc5C(c5ccccc54)[C@H]3C2=O)cc(I)c1OCc1ccccc1Cl. The first-order chi connectivity index (χ1) is 20.5. The smallest absolute Gasteiger partial charge is 0.254 e. The Kier molecular flexibility index (Phi) is 7.02. The fourth-order valence-corrected chi connectivity index (χ4v) is 7.70. The van der Waals surface area contributed by atoms with E-state index in [0.717, 1.165) is 36.4 Å². The Morgan fingerprint density at radius 1 is 0.833 bits per heavy atom. The maximum absolute atomic E-state index is 13.9. The van der Waals surface area contributed by atoms with Crippen LogP contribution in [0.5, 0.6) is 11.5 Å². The highest BCUT2D eigenvalue weighted by Gasteiger charge is 2.61. The summed E-state index contributed by atoms with van der Waals surface area (Å²) >= 11 is 8.51. The molecular formula is C34H26ClIN2O4. The number of amides is 2. The molecule has 3 aliphatic carbocycles. The van der Waals surface area contributed by atoms with Gasteiger partial charge in [-0.25, -0.2) is 0 Å². The summed E-state index contributed by atoms with van der Waals surface area (Å²) in [6.07, 6.45) is 1.55. The summed E-state index contributed by atoms with van der Waals surface area (Å²) in [5.41, 5.74) is 6.11. The van der Waals surface area contributed by atoms with Crippen LogP contribution in [-0.2, 0) is 16.2 Å². The minimum absolute atomic E-state index is 0.163. The summed E-state index contributed by atoms with van der Waals surface area (Å²) in [4.78, 5) is 27.7. The molecule has 210 valence electrons. The lowest BCUT2D eigenvalue weighted by Crippen LogP contribution is -2.41. The van der Waals surface area contributed by atoms with E-state index in [1.807, 2.05) is 67.6 Å². The van der Waals surface area contributed by atoms with Crippen LogP contribution in [0.2, 0.25) is 5.02 Å². The van der Waals surface area contributed by atoms with E-state index >= 15 is 0 Å². The van der Waals surface area contributed by atoms with E-state index in [9.17, 15) is 9.59 Å². The lowest BCUT2D eigenvalue weighted by molar-refractivity contribution is -0.139. The number of hydrogen-bond acceptors (Lipinski definition) is 5. The third kappa shape index (κ3) is 4.32. The van der Waals surface area contributed by atoms with Gasteiger partial charge < -0.3 is 9.47 Å². The first kappa shape index (κ1) is 27.2. The summed E-state index contributed by atoms with van der Waals surface area (Å²) in [7, 11) is 0. The van der Waals surface area contributed by atoms with Gasteiger partial charge in [-0.15, -0.1) is 0 Å². The lowest BCUT2D eigenvalue weighted by atomic mass is 9.55. The molecular weight excluding hydrogens is 663 g/mol. The third-order valence-corrected chi connectivity index (χ3v) is 9.58. The van der Waals surface area contributed by atoms with Crippen LogP contribution in [0.1, 0.15) is 52.1 Å². The largest absolute Gasteiger partial charge is 0.490 e. The second-order valence-corrected chi connectivity index (χ2v) is 12.2. The summed E-state index contributed by atoms with van der Waals surface area (Å²) in [6.45, 7) is 2.63. The number of ether oxygens (including phenoxy) is 2. The van der Waals surface area contributed by atoms with Gasteiger partial charge >= 0.3 is 0 Å². The summed E-state index contributed by atoms with van der Waals surface area (Å²) in [5.74, 6) is -0.614. The van der Waals surface area contributed by atoms with Crippen molar-refractivity contribution >= 4 is 52.2 Å². The van der Waals surface area contributed by atoms with Crippen molar-refractivity contribution in [2.24, 2.45) is 16.9 Å². The first-order valence-electron chi connectivity index (χ1n) is 13.9. The van der Waals surface area contributed by atoms with Crippen molar-refractivity contribution in [2.75, 3.05) is 6.61 Å². The van der Waals surface area contributed by atoms with E-state index < -0.39 is 11.8 Å². The highest BCUT2D eigenvalue weighted by molar-refractivity contribution is 14.1. The minimum Gasteiger partial charge on any atom is -0.490 e. The number of hydrogen-bond donors (Lipinski definition) is 0. The second-order valence-electron chi connectivity index (χ2n) is 10.6. The highest BCUT2D eigenvalue weighted by Crippen LogP contribution is 2.61. The Morgan fingerprint density at radius 2 is 1.38 bits per heavy atom. The third-order valence-electron chi connectivity index (χ3n) is 8.41. The number of rotatable bonds is 7. The van der Waals surface area contributed by atoms with Crippen molar-refractivity contribution in [1.29, 1.82) is 0 Å². The van der Waals surface area contributed by atoms with Crippen LogP contribution in [0.3, 0.4) is 0 Å². The molecule has 42 heavy (non-hydrogen) atoms. The lowest BCUT2D eigenvalue weighted by Gasteiger charge is -2.45. The molecule has 1 fully saturated rings. The van der Waals surface area contributed by atoms with E-state index in [-0.39, 0.29) is 30.3 Å². The molecule has 2 amide bonds. The van der Waals surface area contributed by atoms with E-state index in [4.69, 9.17) is 21.1 Å². The topological polar surface area (TPSA) is 68.2 Å². The van der Waals surface area contributed by atoms with Gasteiger partial charge in [0.05, 0.1) is 28.2 Å². The molecule has 0 radical (unpaired) electrons. The summed E-state index contributed by atoms with van der Waals surface area (Å²) < 4.78 is 12.8. The molecule has 4 aromatic carbocycles. The predicted molar refractivity (Wildman–Crippen MR) is 169 cm³/mol. The van der Waals surface area contributed by atoms with Gasteiger partial charge in [0.2, 0.25) is 0 Å². The van der Waals surface area contributed by atoms with E-state index in [2.05, 4.69) is 52.0 Å². The molecule has 8 heteroatoms. The van der Waals surface area contributed by atoms with Gasteiger partial charge in [0.25, 0.3) is 11.8 Å². The zero-order valence-electron chi connectivity index (χ0n) is 22.7. The second kappa shape index (κ2) is 10.9. The molecule has 1 saturated heterocycles. The van der Waals surface area contributed by atoms with Crippen molar-refractivity contribution in [3.63, 3.8) is 0 Å². The average molecular weight is 689 g/mol. The quantitative estimate of drug-likeness (QED) is 0.118. The molecule has 2 atom stereocenters. The van der Waals surface area contributed by atoms with Gasteiger partial charge in [-0.3, -0.25) is 9.59 Å². The van der Waals surface area contributed by atoms with Gasteiger partial charge in [-0.05, 0) is 75.5 Å². The Hall–Kier alpha value is -3.69. The number of carbonyl (C=O) groups excluding carboxylic acids is 2. The van der Waals surface area contributed by atoms with Crippen LogP contribution in [0.25, 0.3) is 0 Å². The molecule has 1 heterocycles. The molecule has 6 nitrogen and oxygen atoms in total. The zero-order valence-corrected chi connectivity index (χ0v) is 25.6. The van der Waals surface area contributed by atoms with Crippen LogP contribution in [0.15, 0.2) is 90.0 Å². The van der Waals surface area contributed by atoms with Crippen LogP contribution < -0.4 is 9.47 Å². The molecule has 4 aromatic rings. The van der Waals surface area contributed by atoms with Crippen molar-refractivity contribution in [2.45, 2.75) is 25.4 Å². The van der Waals surface area contributed by atoms with Crippen LogP contribution in [0, 0.1) is 15.4 Å². The van der Waals surface area contributed by atoms with Crippen molar-refractivity contribution in [3.8, 4) is 11.5 Å². The number of benzene rings is 4. The van der Waals surface area contributed by atoms with E-state index in [0.29, 0.717) is 28.7 Å². The normalized spacial score (nSPS) is 21.8. The maximum Gasteiger partial charge on any atom is 0.254 e. The van der Waals surface area contributed by atoms with Gasteiger partial charge in [-0.2, -0.15) is 10.1 Å². The fourth-order valence-electron chi connectivity index (χ4n) is 6.73. The van der Waals surface area contributed by atoms with Crippen LogP contribution in [0.4, 0.5) is 0 Å². The van der Waals surface area contributed by atoms with Gasteiger partial charge in [0.15, 0.2) is 11.5 Å². The monoisotopic (exact) mass is 688 g/mol. The molecule has 0 aromatic heterocycles. The Morgan fingerprint density at radius 3 is 1.93 bits per heavy atom. The average Bonchev–Trinajstić information content (AvgIpc) is 3.26. The van der Waals surface area contributed by atoms with Gasteiger partial charge in [-0.1, -0.05) is 78.3 Å². The standard InChI is InChI=1S/C34H26ClIN2O4/c1-2-41-27-16-19(15-26(36)32(27)42-18-20-9-3-8-14-25(20)35)17-37-38-33(39)30-28-21-10-4-5-11-22(21)29(31(30)34(38)40)24-13-7-6-12-23(24)28/h3-17,28-31H,2,18H2,1H3/b37-17-/t28?,29?,30-,31-/m1/s1. The van der Waals surface area contributed by atoms with E-state index in [1.165, 1.54) is 0 Å². The van der Waals surface area contributed by atoms with Gasteiger partial charge in [0, 0.05) is 22.4 Å². The molecule has 0 spiro atoms. The van der Waals surface area contributed by atoms with Crippen LogP contribution in [-0.4, -0.2) is 29.6 Å². The number of hydrazone groups is 1. The predicted octanol–water partition coefficient (Wildman–Crippen LogP) is 7.15. The summed E-state index contributed by atoms with van der Waals surface area (Å²) in [6, 6.07) is 27.6. The molecule has 0 N–H and O–H groups in total. The molecule has 0 saturated carbocycles. The molecule has 4 aliphatic rings. The Balaban J connectivity index is 1.19. The van der Waals surface area contributed by atoms with E-state index in [1.54, 1.807) is 6.21 Å². The number of imide groups is 1. The summed E-state index contributed by atoms with van der Waals surface area (Å²) in [5, 5.41) is 6.19. The Labute approximate surface area is 262 Å². The molecule has 0 unspecified atom stereocenters. The number of halogens is 2. The number of carbonyl (C=O) groups is 2. The fraction of sp³-hybridized carbons (Fsp3) is 0.206. The van der Waals surface area contributed by atoms with Crippen molar-refractivity contribution < 1.29 is 19.1 Å². The molecule has 2 bridgehead atoms. The Bertz CT molecular complexity index is 1660. The molecule has 1 aliphatic heterocycles. The van der Waals surface area contributed by atoms with Crippen molar-refractivity contribution in [1.82, 2.24) is 5.01 Å². The minimum atomic E-state index is -0.468. The van der Waals surface area contributed by atoms with Gasteiger partial charge in [0.1, 0.15) is 6.61 Å². The molecule has 8 rings (SSSR count). The maximum atomic E-state index is 13.9. The van der Waals surface area contributed by atoms with Crippen molar-refractivity contribution in [3.05, 3.63) is 127 Å². The highest BCUT2D eigenvalue weighted by atomic mass is 127. The first-order valence-corrected chi connectivity index (χ1v) is 15.4.